The van der Waals surface area contributed by atoms with Gasteiger partial charge in [-0.2, -0.15) is 5.10 Å². The van der Waals surface area contributed by atoms with Crippen molar-refractivity contribution in [2.24, 2.45) is 0 Å². The highest BCUT2D eigenvalue weighted by Gasteiger charge is 2.35. The van der Waals surface area contributed by atoms with Crippen molar-refractivity contribution in [2.75, 3.05) is 26.2 Å². The van der Waals surface area contributed by atoms with Gasteiger partial charge < -0.3 is 14.4 Å². The van der Waals surface area contributed by atoms with Gasteiger partial charge in [0.25, 0.3) is 0 Å². The molecule has 1 aromatic carbocycles. The molecule has 0 spiro atoms. The normalized spacial score (nSPS) is 17.6. The fourth-order valence-electron chi connectivity index (χ4n) is 5.42. The van der Waals surface area contributed by atoms with Crippen LogP contribution in [0.3, 0.4) is 0 Å². The molecule has 2 fully saturated rings. The summed E-state index contributed by atoms with van der Waals surface area (Å²) in [5, 5.41) is 5.42. The Hall–Kier alpha value is -3.60. The lowest BCUT2D eigenvalue weighted by molar-refractivity contribution is -0.130. The maximum absolute atomic E-state index is 12.0. The average Bonchev–Trinajstić information content (AvgIpc) is 3.58. The summed E-state index contributed by atoms with van der Waals surface area (Å²) in [6, 6.07) is 17.4. The van der Waals surface area contributed by atoms with Gasteiger partial charge in [0.05, 0.1) is 16.9 Å². The molecule has 10 heteroatoms. The fraction of sp³-hybridized carbons (Fsp3) is 0.400. The molecule has 3 aromatic heterocycles. The van der Waals surface area contributed by atoms with Crippen molar-refractivity contribution < 1.29 is 14.3 Å². The van der Waals surface area contributed by atoms with Gasteiger partial charge in [0.15, 0.2) is 0 Å². The van der Waals surface area contributed by atoms with E-state index in [1.165, 1.54) is 0 Å². The molecule has 4 aromatic rings. The van der Waals surface area contributed by atoms with Gasteiger partial charge in [0, 0.05) is 83.5 Å². The van der Waals surface area contributed by atoms with Gasteiger partial charge in [-0.3, -0.25) is 14.7 Å². The van der Waals surface area contributed by atoms with Crippen LogP contribution in [-0.4, -0.2) is 76.5 Å². The van der Waals surface area contributed by atoms with E-state index in [1.807, 2.05) is 41.1 Å². The van der Waals surface area contributed by atoms with Gasteiger partial charge in [-0.25, -0.2) is 9.67 Å². The molecule has 2 aliphatic rings. The van der Waals surface area contributed by atoms with Crippen LogP contribution in [0.15, 0.2) is 60.9 Å². The monoisotopic (exact) mass is 555 g/mol. The molecule has 6 rings (SSSR count). The average molecular weight is 556 g/mol. The third-order valence-electron chi connectivity index (χ3n) is 7.61. The molecular formula is C30H35N6O3Si. The maximum Gasteiger partial charge on any atom is 0.222 e. The molecule has 0 aliphatic carbocycles. The van der Waals surface area contributed by atoms with Crippen molar-refractivity contribution in [2.45, 2.75) is 51.3 Å². The predicted octanol–water partition coefficient (Wildman–Crippen LogP) is 4.82. The summed E-state index contributed by atoms with van der Waals surface area (Å²) in [6.07, 6.45) is 5.25. The topological polar surface area (TPSA) is 85.6 Å². The van der Waals surface area contributed by atoms with E-state index in [1.54, 1.807) is 12.4 Å². The first-order valence-corrected chi connectivity index (χ1v) is 16.7. The molecule has 1 amide bonds. The van der Waals surface area contributed by atoms with Gasteiger partial charge in [-0.1, -0.05) is 19.2 Å². The minimum absolute atomic E-state index is 0.284. The van der Waals surface area contributed by atoms with Crippen LogP contribution in [-0.2, 0) is 22.8 Å². The summed E-state index contributed by atoms with van der Waals surface area (Å²) < 4.78 is 13.7. The zero-order valence-corrected chi connectivity index (χ0v) is 24.1. The fourth-order valence-corrected chi connectivity index (χ4v) is 5.97. The Balaban J connectivity index is 1.07. The number of pyridine rings is 2. The summed E-state index contributed by atoms with van der Waals surface area (Å²) >= 11 is 0. The quantitative estimate of drug-likeness (QED) is 0.205. The summed E-state index contributed by atoms with van der Waals surface area (Å²) in [7, 11) is -0.284. The number of hydrogen-bond donors (Lipinski definition) is 0. The number of hydrogen-bond acceptors (Lipinski definition) is 7. The summed E-state index contributed by atoms with van der Waals surface area (Å²) in [5.74, 6) is 1.56. The smallest absolute Gasteiger partial charge is 0.222 e. The lowest BCUT2D eigenvalue weighted by atomic mass is 10.1. The van der Waals surface area contributed by atoms with Crippen LogP contribution < -0.4 is 4.74 Å². The predicted molar refractivity (Wildman–Crippen MR) is 156 cm³/mol. The summed E-state index contributed by atoms with van der Waals surface area (Å²) in [4.78, 5) is 25.9. The van der Waals surface area contributed by atoms with Crippen molar-refractivity contribution in [1.82, 2.24) is 29.5 Å². The van der Waals surface area contributed by atoms with Crippen LogP contribution in [0.1, 0.15) is 18.5 Å². The second-order valence-corrected chi connectivity index (χ2v) is 13.8. The molecule has 5 heterocycles. The number of carbonyl (C=O) groups is 1. The Bertz CT molecular complexity index is 1470. The lowest BCUT2D eigenvalue weighted by Gasteiger charge is -2.37. The zero-order valence-electron chi connectivity index (χ0n) is 23.1. The second-order valence-electron chi connectivity index (χ2n) is 10.9. The molecule has 207 valence electrons. The number of aromatic nitrogens is 4. The molecule has 0 N–H and O–H groups in total. The third kappa shape index (κ3) is 6.09. The van der Waals surface area contributed by atoms with Crippen LogP contribution in [0, 0.1) is 0 Å². The number of benzene rings is 1. The molecule has 40 heavy (non-hydrogen) atoms. The van der Waals surface area contributed by atoms with E-state index < -0.39 is 0 Å². The standard InChI is InChI=1S/C30H35N6O3Si/c1-40(2)16-15-38-21-36-28(11-12-32-36)23-4-9-29(31-18-23)39-26-7-8-27-22(17-26)3-5-24(33-27)19-34-13-14-35-25(20-34)6-10-30(35)37/h3-5,7-9,11-12,17-18,25H,6,10,13-16,19-21H2,1-2H3. The van der Waals surface area contributed by atoms with Gasteiger partial charge >= 0.3 is 0 Å². The molecular weight excluding hydrogens is 520 g/mol. The number of amides is 1. The molecule has 1 atom stereocenters. The largest absolute Gasteiger partial charge is 0.439 e. The zero-order chi connectivity index (χ0) is 27.5. The van der Waals surface area contributed by atoms with E-state index in [4.69, 9.17) is 14.5 Å². The molecule has 2 saturated heterocycles. The molecule has 2 aliphatic heterocycles. The number of piperazine rings is 1. The van der Waals surface area contributed by atoms with Crippen LogP contribution in [0.2, 0.25) is 19.1 Å². The lowest BCUT2D eigenvalue weighted by Crippen LogP contribution is -2.51. The number of nitrogens with zero attached hydrogens (tertiary/aromatic N) is 6. The minimum atomic E-state index is -0.284. The van der Waals surface area contributed by atoms with Crippen molar-refractivity contribution in [1.29, 1.82) is 0 Å². The minimum Gasteiger partial charge on any atom is -0.439 e. The number of fused-ring (bicyclic) bond motifs is 2. The summed E-state index contributed by atoms with van der Waals surface area (Å²) in [6.45, 7) is 9.22. The van der Waals surface area contributed by atoms with E-state index >= 15 is 0 Å². The Morgan fingerprint density at radius 2 is 2.00 bits per heavy atom. The van der Waals surface area contributed by atoms with E-state index in [2.05, 4.69) is 45.1 Å². The number of ether oxygens (including phenoxy) is 2. The second kappa shape index (κ2) is 11.9. The molecule has 0 saturated carbocycles. The van der Waals surface area contributed by atoms with Crippen molar-refractivity contribution in [3.63, 3.8) is 0 Å². The summed E-state index contributed by atoms with van der Waals surface area (Å²) in [5.41, 5.74) is 3.90. The SMILES string of the molecule is C[Si](C)CCOCn1nccc1-c1ccc(Oc2ccc3nc(CN4CCN5C(=O)CCC5C4)ccc3c2)nc1. The number of carbonyl (C=O) groups excluding carboxylic acids is 1. The van der Waals surface area contributed by atoms with Crippen molar-refractivity contribution in [3.8, 4) is 22.9 Å². The highest BCUT2D eigenvalue weighted by Crippen LogP contribution is 2.27. The maximum atomic E-state index is 12.0. The first kappa shape index (κ1) is 26.6. The molecule has 1 radical (unpaired) electrons. The Labute approximate surface area is 236 Å². The Kier molecular flexibility index (Phi) is 7.90. The van der Waals surface area contributed by atoms with E-state index in [-0.39, 0.29) is 8.80 Å². The van der Waals surface area contributed by atoms with Crippen LogP contribution in [0.25, 0.3) is 22.2 Å². The van der Waals surface area contributed by atoms with Crippen LogP contribution >= 0.6 is 0 Å². The van der Waals surface area contributed by atoms with E-state index in [9.17, 15) is 4.79 Å². The highest BCUT2D eigenvalue weighted by molar-refractivity contribution is 6.55. The van der Waals surface area contributed by atoms with E-state index in [0.29, 0.717) is 31.0 Å². The molecule has 0 bridgehead atoms. The van der Waals surface area contributed by atoms with Gasteiger partial charge in [-0.15, -0.1) is 0 Å². The Morgan fingerprint density at radius 1 is 1.07 bits per heavy atom. The first-order valence-electron chi connectivity index (χ1n) is 14.0. The van der Waals surface area contributed by atoms with Crippen LogP contribution in [0.4, 0.5) is 0 Å². The first-order chi connectivity index (χ1) is 19.5. The van der Waals surface area contributed by atoms with Gasteiger partial charge in [0.1, 0.15) is 12.5 Å². The van der Waals surface area contributed by atoms with Gasteiger partial charge in [-0.05, 0) is 48.9 Å². The molecule has 9 nitrogen and oxygen atoms in total. The number of rotatable bonds is 10. The molecule has 1 unspecified atom stereocenters. The Morgan fingerprint density at radius 3 is 2.85 bits per heavy atom. The van der Waals surface area contributed by atoms with Crippen molar-refractivity contribution in [3.05, 3.63) is 66.6 Å². The third-order valence-corrected chi connectivity index (χ3v) is 8.82. The highest BCUT2D eigenvalue weighted by atomic mass is 28.3. The van der Waals surface area contributed by atoms with E-state index in [0.717, 1.165) is 78.9 Å². The van der Waals surface area contributed by atoms with Crippen LogP contribution in [0.5, 0.6) is 11.6 Å². The van der Waals surface area contributed by atoms with Gasteiger partial charge in [0.2, 0.25) is 11.8 Å². The van der Waals surface area contributed by atoms with Crippen molar-refractivity contribution >= 4 is 25.6 Å².